The minimum atomic E-state index is -1.38. The van der Waals surface area contributed by atoms with Crippen LogP contribution in [0.3, 0.4) is 0 Å². The number of rotatable bonds is 10. The van der Waals surface area contributed by atoms with Crippen LogP contribution in [-0.2, 0) is 9.78 Å². The van der Waals surface area contributed by atoms with Crippen LogP contribution in [0.2, 0.25) is 0 Å². The fourth-order valence-electron chi connectivity index (χ4n) is 1.39. The molecule has 0 fully saturated rings. The summed E-state index contributed by atoms with van der Waals surface area (Å²) in [5.41, 5.74) is 0. The normalized spacial score (nSPS) is 10.2. The number of hydrogen-bond acceptors (Lipinski definition) is 3. The lowest BCUT2D eigenvalue weighted by Crippen LogP contribution is -2.02. The molecule has 4 nitrogen and oxygen atoms in total. The Bertz CT molecular complexity index is 148. The van der Waals surface area contributed by atoms with E-state index >= 15 is 0 Å². The number of carboxylic acid groups (broad SMARTS) is 1. The second-order valence-corrected chi connectivity index (χ2v) is 3.65. The van der Waals surface area contributed by atoms with Crippen LogP contribution >= 0.6 is 0 Å². The maximum atomic E-state index is 9.89. The molecule has 0 amide bonds. The lowest BCUT2D eigenvalue weighted by molar-refractivity contribution is -0.251. The van der Waals surface area contributed by atoms with E-state index < -0.39 is 6.16 Å². The van der Waals surface area contributed by atoms with Crippen LogP contribution in [0.25, 0.3) is 0 Å². The standard InChI is InChI=1S/C11H22O4/c1-2-3-4-5-6-7-8-9-10-14-15-11(12)13/h2-10H2,1H3,(H,12,13). The third kappa shape index (κ3) is 13.2. The molecule has 1 N–H and O–H groups in total. The predicted molar refractivity (Wildman–Crippen MR) is 57.7 cm³/mol. The molecule has 0 radical (unpaired) electrons. The van der Waals surface area contributed by atoms with Crippen molar-refractivity contribution in [3.8, 4) is 0 Å². The van der Waals surface area contributed by atoms with Crippen LogP contribution in [-0.4, -0.2) is 17.9 Å². The smallest absolute Gasteiger partial charge is 0.448 e. The van der Waals surface area contributed by atoms with Crippen LogP contribution in [0, 0.1) is 0 Å². The number of hydrogen-bond donors (Lipinski definition) is 1. The van der Waals surface area contributed by atoms with E-state index in [1.807, 2.05) is 0 Å². The largest absolute Gasteiger partial charge is 0.537 e. The molecule has 4 heteroatoms. The van der Waals surface area contributed by atoms with E-state index in [1.165, 1.54) is 38.5 Å². The number of unbranched alkanes of at least 4 members (excludes halogenated alkanes) is 7. The minimum Gasteiger partial charge on any atom is -0.448 e. The Labute approximate surface area is 91.5 Å². The first-order valence-corrected chi connectivity index (χ1v) is 5.79. The summed E-state index contributed by atoms with van der Waals surface area (Å²) in [5, 5.41) is 8.09. The topological polar surface area (TPSA) is 55.8 Å². The Kier molecular flexibility index (Phi) is 10.7. The lowest BCUT2D eigenvalue weighted by Gasteiger charge is -2.01. The van der Waals surface area contributed by atoms with Crippen molar-refractivity contribution >= 4 is 6.16 Å². The summed E-state index contributed by atoms with van der Waals surface area (Å²) in [5.74, 6) is 0. The summed E-state index contributed by atoms with van der Waals surface area (Å²) in [6.45, 7) is 2.57. The van der Waals surface area contributed by atoms with Gasteiger partial charge in [0.2, 0.25) is 0 Å². The summed E-state index contributed by atoms with van der Waals surface area (Å²) in [4.78, 5) is 18.2. The highest BCUT2D eigenvalue weighted by molar-refractivity contribution is 5.55. The van der Waals surface area contributed by atoms with Crippen LogP contribution in [0.5, 0.6) is 0 Å². The van der Waals surface area contributed by atoms with Gasteiger partial charge in [-0.2, -0.15) is 4.89 Å². The quantitative estimate of drug-likeness (QED) is 0.344. The molecule has 0 aromatic rings. The second-order valence-electron chi connectivity index (χ2n) is 3.65. The van der Waals surface area contributed by atoms with E-state index in [9.17, 15) is 4.79 Å². The maximum Gasteiger partial charge on any atom is 0.537 e. The van der Waals surface area contributed by atoms with Crippen molar-refractivity contribution < 1.29 is 19.7 Å². The van der Waals surface area contributed by atoms with E-state index in [1.54, 1.807) is 0 Å². The van der Waals surface area contributed by atoms with Crippen molar-refractivity contribution in [3.63, 3.8) is 0 Å². The van der Waals surface area contributed by atoms with Crippen LogP contribution in [0.15, 0.2) is 0 Å². The monoisotopic (exact) mass is 218 g/mol. The van der Waals surface area contributed by atoms with Crippen LogP contribution in [0.1, 0.15) is 58.3 Å². The van der Waals surface area contributed by atoms with Gasteiger partial charge in [0.05, 0.1) is 6.61 Å². The highest BCUT2D eigenvalue weighted by atomic mass is 17.2. The molecule has 15 heavy (non-hydrogen) atoms. The summed E-state index contributed by atoms with van der Waals surface area (Å²) in [7, 11) is 0. The predicted octanol–water partition coefficient (Wildman–Crippen LogP) is 3.75. The van der Waals surface area contributed by atoms with Crippen molar-refractivity contribution in [3.05, 3.63) is 0 Å². The molecule has 0 saturated heterocycles. The third-order valence-corrected chi connectivity index (χ3v) is 2.21. The van der Waals surface area contributed by atoms with Gasteiger partial charge in [0.25, 0.3) is 0 Å². The number of carbonyl (C=O) groups is 1. The van der Waals surface area contributed by atoms with E-state index in [4.69, 9.17) is 5.11 Å². The molecule has 0 heterocycles. The molecule has 0 atom stereocenters. The molecule has 0 bridgehead atoms. The van der Waals surface area contributed by atoms with Gasteiger partial charge in [0.1, 0.15) is 0 Å². The van der Waals surface area contributed by atoms with E-state index in [-0.39, 0.29) is 0 Å². The molecule has 0 rings (SSSR count). The van der Waals surface area contributed by atoms with Gasteiger partial charge >= 0.3 is 6.16 Å². The van der Waals surface area contributed by atoms with Gasteiger partial charge in [-0.25, -0.2) is 4.79 Å². The van der Waals surface area contributed by atoms with Gasteiger partial charge in [-0.05, 0) is 6.42 Å². The molecule has 0 unspecified atom stereocenters. The molecule has 0 aliphatic rings. The van der Waals surface area contributed by atoms with Gasteiger partial charge in [0, 0.05) is 0 Å². The Morgan fingerprint density at radius 3 is 2.07 bits per heavy atom. The average molecular weight is 218 g/mol. The molecule has 0 saturated carbocycles. The van der Waals surface area contributed by atoms with E-state index in [0.29, 0.717) is 6.61 Å². The zero-order chi connectivity index (χ0) is 11.4. The fraction of sp³-hybridized carbons (Fsp3) is 0.909. The third-order valence-electron chi connectivity index (χ3n) is 2.21. The molecular formula is C11H22O4. The molecule has 0 spiro atoms. The highest BCUT2D eigenvalue weighted by Crippen LogP contribution is 2.08. The van der Waals surface area contributed by atoms with Crippen molar-refractivity contribution in [2.24, 2.45) is 0 Å². The van der Waals surface area contributed by atoms with Crippen molar-refractivity contribution in [2.75, 3.05) is 6.61 Å². The van der Waals surface area contributed by atoms with Gasteiger partial charge in [-0.1, -0.05) is 51.9 Å². The second kappa shape index (κ2) is 11.3. The first kappa shape index (κ1) is 14.2. The Morgan fingerprint density at radius 1 is 1.00 bits per heavy atom. The Hall–Kier alpha value is -0.770. The molecule has 0 aromatic carbocycles. The lowest BCUT2D eigenvalue weighted by atomic mass is 10.1. The van der Waals surface area contributed by atoms with Crippen molar-refractivity contribution in [2.45, 2.75) is 58.3 Å². The van der Waals surface area contributed by atoms with Crippen molar-refractivity contribution in [1.82, 2.24) is 0 Å². The molecule has 0 aliphatic heterocycles. The average Bonchev–Trinajstić information content (AvgIpc) is 2.20. The van der Waals surface area contributed by atoms with E-state index in [0.717, 1.165) is 12.8 Å². The first-order chi connectivity index (χ1) is 7.27. The molecular weight excluding hydrogens is 196 g/mol. The van der Waals surface area contributed by atoms with Gasteiger partial charge in [-0.15, -0.1) is 0 Å². The summed E-state index contributed by atoms with van der Waals surface area (Å²) >= 11 is 0. The highest BCUT2D eigenvalue weighted by Gasteiger charge is 1.96. The maximum absolute atomic E-state index is 9.89. The van der Waals surface area contributed by atoms with Gasteiger partial charge in [-0.3, -0.25) is 4.89 Å². The SMILES string of the molecule is CCCCCCCCCCOOC(=O)O. The fourth-order valence-corrected chi connectivity index (χ4v) is 1.39. The summed E-state index contributed by atoms with van der Waals surface area (Å²) in [6, 6.07) is 0. The summed E-state index contributed by atoms with van der Waals surface area (Å²) in [6.07, 6.45) is 8.26. The molecule has 90 valence electrons. The Morgan fingerprint density at radius 2 is 1.53 bits per heavy atom. The molecule has 0 aromatic heterocycles. The zero-order valence-electron chi connectivity index (χ0n) is 9.54. The van der Waals surface area contributed by atoms with Gasteiger partial charge in [0.15, 0.2) is 0 Å². The van der Waals surface area contributed by atoms with E-state index in [2.05, 4.69) is 16.7 Å². The zero-order valence-corrected chi connectivity index (χ0v) is 9.54. The summed E-state index contributed by atoms with van der Waals surface area (Å²) < 4.78 is 0. The molecule has 0 aliphatic carbocycles. The van der Waals surface area contributed by atoms with Crippen LogP contribution in [0.4, 0.5) is 4.79 Å². The minimum absolute atomic E-state index is 0.362. The Balaban J connectivity index is 2.89. The van der Waals surface area contributed by atoms with Crippen molar-refractivity contribution in [1.29, 1.82) is 0 Å². The van der Waals surface area contributed by atoms with Crippen LogP contribution < -0.4 is 0 Å². The first-order valence-electron chi connectivity index (χ1n) is 5.79. The van der Waals surface area contributed by atoms with Gasteiger partial charge < -0.3 is 5.11 Å².